The molecule has 1 saturated heterocycles. The second kappa shape index (κ2) is 10.8. The molecule has 0 spiro atoms. The number of anilines is 1. The minimum atomic E-state index is -0.635. The van der Waals surface area contributed by atoms with Gasteiger partial charge in [0.2, 0.25) is 0 Å². The quantitative estimate of drug-likeness (QED) is 0.258. The number of hydrogen-bond donors (Lipinski definition) is 1. The van der Waals surface area contributed by atoms with E-state index in [4.69, 9.17) is 9.47 Å². The minimum absolute atomic E-state index is 0.0140. The number of aliphatic hydroxyl groups is 1. The number of amides is 2. The van der Waals surface area contributed by atoms with Gasteiger partial charge in [-0.15, -0.1) is 0 Å². The smallest absolute Gasteiger partial charge is 0.266 e. The molecular formula is C30H27N3O5S. The number of carbonyl (C=O) groups is 2. The van der Waals surface area contributed by atoms with Crippen LogP contribution in [0.25, 0.3) is 0 Å². The maximum absolute atomic E-state index is 12.9. The first kappa shape index (κ1) is 25.5. The number of rotatable bonds is 7. The van der Waals surface area contributed by atoms with Crippen molar-refractivity contribution in [1.82, 2.24) is 9.55 Å². The number of aliphatic hydroxyl groups excluding tert-OH is 1. The summed E-state index contributed by atoms with van der Waals surface area (Å²) in [7, 11) is 1.96. The second-order valence-corrected chi connectivity index (χ2v) is 10.6. The van der Waals surface area contributed by atoms with Gasteiger partial charge in [-0.05, 0) is 35.4 Å². The van der Waals surface area contributed by atoms with Crippen molar-refractivity contribution in [3.63, 3.8) is 0 Å². The number of benzene rings is 3. The van der Waals surface area contributed by atoms with Crippen molar-refractivity contribution in [3.05, 3.63) is 113 Å². The highest BCUT2D eigenvalue weighted by atomic mass is 32.2. The van der Waals surface area contributed by atoms with Crippen molar-refractivity contribution in [2.75, 3.05) is 10.7 Å². The Labute approximate surface area is 230 Å². The molecule has 0 bridgehead atoms. The monoisotopic (exact) mass is 541 g/mol. The molecule has 4 aromatic rings. The lowest BCUT2D eigenvalue weighted by Gasteiger charge is -2.36. The fourth-order valence-electron chi connectivity index (χ4n) is 4.89. The van der Waals surface area contributed by atoms with E-state index in [-0.39, 0.29) is 30.6 Å². The van der Waals surface area contributed by atoms with Gasteiger partial charge in [-0.2, -0.15) is 0 Å². The number of fused-ring (bicyclic) bond motifs is 1. The summed E-state index contributed by atoms with van der Waals surface area (Å²) in [5, 5.41) is 10.3. The van der Waals surface area contributed by atoms with Crippen LogP contribution in [0.1, 0.15) is 56.2 Å². The molecule has 2 aliphatic rings. The second-order valence-electron chi connectivity index (χ2n) is 9.56. The van der Waals surface area contributed by atoms with E-state index in [1.165, 1.54) is 4.90 Å². The van der Waals surface area contributed by atoms with Crippen molar-refractivity contribution < 1.29 is 24.2 Å². The fraction of sp³-hybridized carbons (Fsp3) is 0.233. The molecule has 0 aliphatic carbocycles. The van der Waals surface area contributed by atoms with Crippen LogP contribution in [0, 0.1) is 0 Å². The number of imide groups is 1. The predicted molar refractivity (Wildman–Crippen MR) is 146 cm³/mol. The van der Waals surface area contributed by atoms with Gasteiger partial charge < -0.3 is 19.1 Å². The van der Waals surface area contributed by atoms with Crippen LogP contribution in [0.2, 0.25) is 0 Å². The van der Waals surface area contributed by atoms with E-state index in [9.17, 15) is 14.7 Å². The molecule has 3 atom stereocenters. The highest BCUT2D eigenvalue weighted by molar-refractivity contribution is 7.99. The summed E-state index contributed by atoms with van der Waals surface area (Å²) in [6.45, 7) is -0.0140. The lowest BCUT2D eigenvalue weighted by Crippen LogP contribution is -2.31. The summed E-state index contributed by atoms with van der Waals surface area (Å²) < 4.78 is 14.8. The molecule has 2 amide bonds. The summed E-state index contributed by atoms with van der Waals surface area (Å²) in [5.41, 5.74) is 3.96. The molecule has 3 unspecified atom stereocenters. The summed E-state index contributed by atoms with van der Waals surface area (Å²) in [6.07, 6.45) is 3.40. The first-order valence-corrected chi connectivity index (χ1v) is 13.7. The van der Waals surface area contributed by atoms with Gasteiger partial charge in [-0.25, -0.2) is 9.88 Å². The Kier molecular flexibility index (Phi) is 7.05. The molecule has 2 aliphatic heterocycles. The van der Waals surface area contributed by atoms with E-state index in [0.29, 0.717) is 29.0 Å². The SMILES string of the molecule is Cn1ccnc1SCC1CC(c2ccc(CO)cc2)OC(c2ccc(N3C(=O)c4ccccc4C3=O)cc2)O1. The molecular weight excluding hydrogens is 514 g/mol. The van der Waals surface area contributed by atoms with Gasteiger partial charge in [0.05, 0.1) is 35.6 Å². The Hall–Kier alpha value is -3.76. The van der Waals surface area contributed by atoms with Crippen molar-refractivity contribution in [1.29, 1.82) is 0 Å². The Morgan fingerprint density at radius 3 is 2.21 bits per heavy atom. The van der Waals surface area contributed by atoms with E-state index in [0.717, 1.165) is 21.8 Å². The fourth-order valence-corrected chi connectivity index (χ4v) is 5.84. The van der Waals surface area contributed by atoms with Gasteiger partial charge in [0.25, 0.3) is 11.8 Å². The van der Waals surface area contributed by atoms with E-state index < -0.39 is 6.29 Å². The van der Waals surface area contributed by atoms with Crippen LogP contribution in [-0.4, -0.2) is 38.3 Å². The average Bonchev–Trinajstić information content (AvgIpc) is 3.51. The van der Waals surface area contributed by atoms with Crippen molar-refractivity contribution in [2.24, 2.45) is 7.05 Å². The third-order valence-corrected chi connectivity index (χ3v) is 8.20. The Bertz CT molecular complexity index is 1470. The lowest BCUT2D eigenvalue weighted by molar-refractivity contribution is -0.245. The number of thioether (sulfide) groups is 1. The normalized spacial score (nSPS) is 20.9. The molecule has 1 aromatic heterocycles. The van der Waals surface area contributed by atoms with Gasteiger partial charge in [0.15, 0.2) is 11.4 Å². The maximum Gasteiger partial charge on any atom is 0.266 e. The van der Waals surface area contributed by atoms with Gasteiger partial charge in [-0.1, -0.05) is 60.3 Å². The molecule has 1 N–H and O–H groups in total. The zero-order chi connectivity index (χ0) is 26.9. The van der Waals surface area contributed by atoms with Gasteiger partial charge in [0, 0.05) is 37.2 Å². The van der Waals surface area contributed by atoms with E-state index in [1.54, 1.807) is 54.4 Å². The number of nitrogens with zero attached hydrogens (tertiary/aromatic N) is 3. The first-order chi connectivity index (χ1) is 19.0. The third-order valence-electron chi connectivity index (χ3n) is 7.01. The standard InChI is InChI=1S/C30H27N3O5S/c1-32-15-14-31-30(32)39-18-23-16-26(20-8-6-19(17-34)7-9-20)38-29(37-23)21-10-12-22(13-11-21)33-27(35)24-4-2-3-5-25(24)28(33)36/h2-15,23,26,29,34H,16-18H2,1H3. The zero-order valence-electron chi connectivity index (χ0n) is 21.3. The maximum atomic E-state index is 12.9. The molecule has 198 valence electrons. The predicted octanol–water partition coefficient (Wildman–Crippen LogP) is 5.05. The van der Waals surface area contributed by atoms with Gasteiger partial charge in [-0.3, -0.25) is 9.59 Å². The molecule has 3 heterocycles. The third kappa shape index (κ3) is 5.02. The van der Waals surface area contributed by atoms with Crippen molar-refractivity contribution >= 4 is 29.3 Å². The number of imidazole rings is 1. The van der Waals surface area contributed by atoms with Crippen molar-refractivity contribution in [3.8, 4) is 0 Å². The highest BCUT2D eigenvalue weighted by Crippen LogP contribution is 2.40. The summed E-state index contributed by atoms with van der Waals surface area (Å²) >= 11 is 1.63. The lowest BCUT2D eigenvalue weighted by atomic mass is 10.0. The highest BCUT2D eigenvalue weighted by Gasteiger charge is 2.37. The Balaban J connectivity index is 1.23. The molecule has 3 aromatic carbocycles. The van der Waals surface area contributed by atoms with Crippen LogP contribution in [0.15, 0.2) is 90.3 Å². The molecule has 8 nitrogen and oxygen atoms in total. The van der Waals surface area contributed by atoms with Crippen LogP contribution < -0.4 is 4.90 Å². The van der Waals surface area contributed by atoms with Crippen molar-refractivity contribution in [2.45, 2.75) is 36.7 Å². The number of aromatic nitrogens is 2. The Morgan fingerprint density at radius 2 is 1.59 bits per heavy atom. The molecule has 0 saturated carbocycles. The molecule has 1 fully saturated rings. The van der Waals surface area contributed by atoms with Gasteiger partial charge in [0.1, 0.15) is 0 Å². The number of hydrogen-bond acceptors (Lipinski definition) is 7. The van der Waals surface area contributed by atoms with Crippen LogP contribution in [0.3, 0.4) is 0 Å². The largest absolute Gasteiger partial charge is 0.392 e. The van der Waals surface area contributed by atoms with E-state index in [2.05, 4.69) is 4.98 Å². The topological polar surface area (TPSA) is 93.9 Å². The average molecular weight is 542 g/mol. The molecule has 39 heavy (non-hydrogen) atoms. The van der Waals surface area contributed by atoms with Crippen LogP contribution >= 0.6 is 11.8 Å². The number of aryl methyl sites for hydroxylation is 1. The van der Waals surface area contributed by atoms with Crippen LogP contribution in [0.4, 0.5) is 5.69 Å². The minimum Gasteiger partial charge on any atom is -0.392 e. The van der Waals surface area contributed by atoms with Crippen LogP contribution in [0.5, 0.6) is 0 Å². The Morgan fingerprint density at radius 1 is 0.923 bits per heavy atom. The molecule has 0 radical (unpaired) electrons. The van der Waals surface area contributed by atoms with E-state index >= 15 is 0 Å². The van der Waals surface area contributed by atoms with E-state index in [1.807, 2.05) is 54.2 Å². The van der Waals surface area contributed by atoms with Gasteiger partial charge >= 0.3 is 0 Å². The summed E-state index contributed by atoms with van der Waals surface area (Å²) in [5.74, 6) is 0.0424. The zero-order valence-corrected chi connectivity index (χ0v) is 22.1. The molecule has 9 heteroatoms. The first-order valence-electron chi connectivity index (χ1n) is 12.7. The van der Waals surface area contributed by atoms with Crippen LogP contribution in [-0.2, 0) is 23.1 Å². The summed E-state index contributed by atoms with van der Waals surface area (Å²) in [6, 6.07) is 21.8. The number of carbonyl (C=O) groups excluding carboxylic acids is 2. The summed E-state index contributed by atoms with van der Waals surface area (Å²) in [4.78, 5) is 31.4. The number of ether oxygens (including phenoxy) is 2. The molecule has 6 rings (SSSR count).